The van der Waals surface area contributed by atoms with Gasteiger partial charge in [-0.3, -0.25) is 14.6 Å². The third kappa shape index (κ3) is 2.68. The van der Waals surface area contributed by atoms with E-state index in [4.69, 9.17) is 0 Å². The Balaban J connectivity index is 1.94. The molecular weight excluding hydrogens is 323 g/mol. The number of nitrogens with zero attached hydrogens (tertiary/aromatic N) is 1. The van der Waals surface area contributed by atoms with Crippen molar-refractivity contribution >= 4 is 11.6 Å². The lowest BCUT2D eigenvalue weighted by molar-refractivity contribution is -0.137. The molecule has 0 fully saturated rings. The van der Waals surface area contributed by atoms with Gasteiger partial charge < -0.3 is 5.11 Å². The highest BCUT2D eigenvalue weighted by atomic mass is 19.4. The Morgan fingerprint density at radius 2 is 1.58 bits per heavy atom. The van der Waals surface area contributed by atoms with Crippen LogP contribution >= 0.6 is 0 Å². The molecule has 7 heteroatoms. The van der Waals surface area contributed by atoms with E-state index in [-0.39, 0.29) is 28.8 Å². The number of halogens is 3. The zero-order chi connectivity index (χ0) is 17.5. The molecule has 24 heavy (non-hydrogen) atoms. The van der Waals surface area contributed by atoms with Crippen LogP contribution in [0.2, 0.25) is 0 Å². The summed E-state index contributed by atoms with van der Waals surface area (Å²) in [6, 6.07) is 7.99. The van der Waals surface area contributed by atoms with Crippen molar-refractivity contribution in [1.82, 2.24) is 4.98 Å². The molecule has 0 unspecified atom stereocenters. The fraction of sp³-hybridized carbons (Fsp3) is 0.118. The van der Waals surface area contributed by atoms with Crippen LogP contribution in [0.1, 0.15) is 32.0 Å². The lowest BCUT2D eigenvalue weighted by Crippen LogP contribution is -2.23. The van der Waals surface area contributed by atoms with E-state index in [1.807, 2.05) is 0 Å². The number of aliphatic hydroxyl groups is 1. The van der Waals surface area contributed by atoms with Crippen LogP contribution in [0.5, 0.6) is 0 Å². The van der Waals surface area contributed by atoms with Gasteiger partial charge in [0.05, 0.1) is 11.1 Å². The van der Waals surface area contributed by atoms with Crippen molar-refractivity contribution in [3.63, 3.8) is 0 Å². The second kappa shape index (κ2) is 5.59. The maximum atomic E-state index is 12.5. The largest absolute Gasteiger partial charge is 0.504 e. The summed E-state index contributed by atoms with van der Waals surface area (Å²) in [5.74, 6) is -1.92. The number of hydrogen-bond acceptors (Lipinski definition) is 4. The molecule has 4 nitrogen and oxygen atoms in total. The Kier molecular flexibility index (Phi) is 3.71. The van der Waals surface area contributed by atoms with Crippen molar-refractivity contribution < 1.29 is 27.9 Å². The molecule has 0 spiro atoms. The predicted molar refractivity (Wildman–Crippen MR) is 77.7 cm³/mol. The molecule has 122 valence electrons. The minimum atomic E-state index is -4.51. The van der Waals surface area contributed by atoms with Gasteiger partial charge in [0.2, 0.25) is 5.78 Å². The normalized spacial score (nSPS) is 14.8. The molecule has 0 amide bonds. The molecule has 0 atom stereocenters. The topological polar surface area (TPSA) is 67.3 Å². The molecule has 0 bridgehead atoms. The summed E-state index contributed by atoms with van der Waals surface area (Å²) in [7, 11) is 0. The zero-order valence-electron chi connectivity index (χ0n) is 12.1. The molecule has 0 saturated heterocycles. The van der Waals surface area contributed by atoms with E-state index >= 15 is 0 Å². The second-order valence-electron chi connectivity index (χ2n) is 5.24. The Labute approximate surface area is 134 Å². The number of aromatic nitrogens is 1. The van der Waals surface area contributed by atoms with Crippen LogP contribution in [-0.4, -0.2) is 21.7 Å². The van der Waals surface area contributed by atoms with E-state index in [1.165, 1.54) is 12.1 Å². The van der Waals surface area contributed by atoms with Gasteiger partial charge in [0.15, 0.2) is 11.5 Å². The molecule has 1 heterocycles. The van der Waals surface area contributed by atoms with E-state index in [9.17, 15) is 27.9 Å². The summed E-state index contributed by atoms with van der Waals surface area (Å²) < 4.78 is 37.6. The Bertz CT molecular complexity index is 867. The molecule has 1 N–H and O–H groups in total. The average Bonchev–Trinajstić information content (AvgIpc) is 2.56. The number of allylic oxidation sites excluding steroid dienone is 2. The van der Waals surface area contributed by atoms with Crippen LogP contribution in [0.4, 0.5) is 13.2 Å². The zero-order valence-corrected chi connectivity index (χ0v) is 12.1. The van der Waals surface area contributed by atoms with Gasteiger partial charge in [0.25, 0.3) is 0 Å². The van der Waals surface area contributed by atoms with Gasteiger partial charge in [-0.2, -0.15) is 13.2 Å². The van der Waals surface area contributed by atoms with Gasteiger partial charge in [-0.25, -0.2) is 0 Å². The molecule has 2 aromatic rings. The minimum Gasteiger partial charge on any atom is -0.504 e. The first-order valence-electron chi connectivity index (χ1n) is 6.91. The van der Waals surface area contributed by atoms with E-state index in [0.29, 0.717) is 6.20 Å². The number of hydrogen-bond donors (Lipinski definition) is 1. The Morgan fingerprint density at radius 1 is 0.958 bits per heavy atom. The quantitative estimate of drug-likeness (QED) is 0.913. The van der Waals surface area contributed by atoms with Crippen LogP contribution in [-0.2, 0) is 12.6 Å². The number of aliphatic hydroxyl groups excluding tert-OH is 1. The number of rotatable bonds is 2. The van der Waals surface area contributed by atoms with Crippen LogP contribution in [0, 0.1) is 0 Å². The van der Waals surface area contributed by atoms with Crippen molar-refractivity contribution in [2.75, 3.05) is 0 Å². The summed E-state index contributed by atoms with van der Waals surface area (Å²) in [5, 5.41) is 10.0. The van der Waals surface area contributed by atoms with Gasteiger partial charge in [-0.05, 0) is 12.1 Å². The van der Waals surface area contributed by atoms with Crippen molar-refractivity contribution in [3.8, 4) is 0 Å². The van der Waals surface area contributed by atoms with Gasteiger partial charge in [0.1, 0.15) is 0 Å². The van der Waals surface area contributed by atoms with E-state index in [1.54, 1.807) is 12.1 Å². The number of pyridine rings is 1. The molecule has 1 aromatic carbocycles. The van der Waals surface area contributed by atoms with Crippen molar-refractivity contribution in [2.24, 2.45) is 0 Å². The fourth-order valence-corrected chi connectivity index (χ4v) is 2.46. The van der Waals surface area contributed by atoms with Crippen molar-refractivity contribution in [3.05, 3.63) is 76.3 Å². The molecule has 1 aromatic heterocycles. The molecule has 1 aliphatic carbocycles. The second-order valence-corrected chi connectivity index (χ2v) is 5.24. The molecule has 0 saturated carbocycles. The van der Waals surface area contributed by atoms with Gasteiger partial charge >= 0.3 is 6.18 Å². The third-order valence-electron chi connectivity index (χ3n) is 3.70. The number of carbonyl (C=O) groups excluding carboxylic acids is 2. The smallest absolute Gasteiger partial charge is 0.417 e. The highest BCUT2D eigenvalue weighted by Crippen LogP contribution is 2.30. The third-order valence-corrected chi connectivity index (χ3v) is 3.70. The fourth-order valence-electron chi connectivity index (χ4n) is 2.46. The summed E-state index contributed by atoms with van der Waals surface area (Å²) in [6.07, 6.45) is -4.10. The first-order chi connectivity index (χ1) is 11.3. The lowest BCUT2D eigenvalue weighted by Gasteiger charge is -2.17. The van der Waals surface area contributed by atoms with Gasteiger partial charge in [-0.1, -0.05) is 24.3 Å². The number of ketones is 2. The van der Waals surface area contributed by atoms with E-state index < -0.39 is 29.1 Å². The van der Waals surface area contributed by atoms with E-state index in [0.717, 1.165) is 12.1 Å². The summed E-state index contributed by atoms with van der Waals surface area (Å²) in [6.45, 7) is 0. The number of alkyl halides is 3. The molecule has 3 rings (SSSR count). The average molecular weight is 333 g/mol. The number of Topliss-reactive ketones (excluding diaryl/α,β-unsaturated/α-hetero) is 2. The van der Waals surface area contributed by atoms with Gasteiger partial charge in [-0.15, -0.1) is 0 Å². The molecular formula is C17H10F3NO3. The summed E-state index contributed by atoms with van der Waals surface area (Å²) in [5.41, 5.74) is -0.691. The monoisotopic (exact) mass is 333 g/mol. The first kappa shape index (κ1) is 15.9. The Morgan fingerprint density at radius 3 is 2.12 bits per heavy atom. The maximum Gasteiger partial charge on any atom is 0.417 e. The number of fused-ring (bicyclic) bond motifs is 1. The van der Waals surface area contributed by atoms with Crippen molar-refractivity contribution in [2.45, 2.75) is 12.6 Å². The maximum absolute atomic E-state index is 12.5. The highest BCUT2D eigenvalue weighted by molar-refractivity contribution is 6.26. The van der Waals surface area contributed by atoms with Crippen LogP contribution in [0.3, 0.4) is 0 Å². The molecule has 0 aliphatic heterocycles. The predicted octanol–water partition coefficient (Wildman–Crippen LogP) is 3.53. The van der Waals surface area contributed by atoms with Gasteiger partial charge in [0, 0.05) is 29.4 Å². The van der Waals surface area contributed by atoms with Crippen LogP contribution in [0.15, 0.2) is 53.9 Å². The summed E-state index contributed by atoms with van der Waals surface area (Å²) >= 11 is 0. The van der Waals surface area contributed by atoms with Crippen LogP contribution in [0.25, 0.3) is 0 Å². The van der Waals surface area contributed by atoms with Crippen LogP contribution < -0.4 is 0 Å². The highest BCUT2D eigenvalue weighted by Gasteiger charge is 2.33. The molecule has 0 radical (unpaired) electrons. The van der Waals surface area contributed by atoms with E-state index in [2.05, 4.69) is 4.98 Å². The molecule has 1 aliphatic rings. The summed E-state index contributed by atoms with van der Waals surface area (Å²) in [4.78, 5) is 28.2. The number of carbonyl (C=O) groups is 2. The lowest BCUT2D eigenvalue weighted by atomic mass is 9.86. The Hall–Kier alpha value is -2.96. The van der Waals surface area contributed by atoms with Crippen molar-refractivity contribution in [1.29, 1.82) is 0 Å². The first-order valence-corrected chi connectivity index (χ1v) is 6.91. The SMILES string of the molecule is O=C1C(O)=C(Cc2ccc(C(F)(F)F)cn2)C(=O)c2ccccc21. The number of benzene rings is 1. The minimum absolute atomic E-state index is 0.101. The standard InChI is InChI=1S/C17H10F3NO3/c18-17(19,20)9-5-6-10(21-8-9)7-13-14(22)11-3-1-2-4-12(11)15(23)16(13)24/h1-6,8,24H,7H2.